The van der Waals surface area contributed by atoms with Gasteiger partial charge in [-0.3, -0.25) is 10.2 Å². The molecule has 0 spiro atoms. The van der Waals surface area contributed by atoms with Gasteiger partial charge in [-0.25, -0.2) is 0 Å². The molecule has 0 aliphatic rings. The molecule has 3 aromatic carbocycles. The van der Waals surface area contributed by atoms with Gasteiger partial charge in [-0.2, -0.15) is 13.2 Å². The van der Waals surface area contributed by atoms with Crippen LogP contribution < -0.4 is 11.1 Å². The van der Waals surface area contributed by atoms with E-state index in [4.69, 9.17) is 11.1 Å². The number of halogens is 3. The topological polar surface area (TPSA) is 79.0 Å². The zero-order chi connectivity index (χ0) is 21.0. The van der Waals surface area contributed by atoms with E-state index in [9.17, 15) is 18.0 Å². The smallest absolute Gasteiger partial charge is 0.384 e. The molecule has 0 heterocycles. The summed E-state index contributed by atoms with van der Waals surface area (Å²) in [5.74, 6) is -0.373. The largest absolute Gasteiger partial charge is 0.416 e. The van der Waals surface area contributed by atoms with Crippen LogP contribution in [0.4, 0.5) is 13.2 Å². The van der Waals surface area contributed by atoms with Crippen molar-refractivity contribution in [1.82, 2.24) is 5.32 Å². The van der Waals surface area contributed by atoms with Gasteiger partial charge < -0.3 is 11.1 Å². The van der Waals surface area contributed by atoms with Gasteiger partial charge in [-0.1, -0.05) is 54.6 Å². The SMILES string of the molecule is N=C(N)c1ccc(CNC(=O)c2ccccc2-c2ccc(C(F)(F)F)cc2)cc1. The Bertz CT molecular complexity index is 1030. The predicted molar refractivity (Wildman–Crippen MR) is 106 cm³/mol. The first-order valence-corrected chi connectivity index (χ1v) is 8.74. The average molecular weight is 397 g/mol. The third-order valence-electron chi connectivity index (χ3n) is 4.41. The fourth-order valence-corrected chi connectivity index (χ4v) is 2.85. The molecular weight excluding hydrogens is 379 g/mol. The molecule has 4 N–H and O–H groups in total. The number of hydrogen-bond acceptors (Lipinski definition) is 2. The number of amidine groups is 1. The predicted octanol–water partition coefficient (Wildman–Crippen LogP) is 4.59. The normalized spacial score (nSPS) is 11.1. The third kappa shape index (κ3) is 4.82. The lowest BCUT2D eigenvalue weighted by atomic mass is 9.98. The average Bonchev–Trinajstić information content (AvgIpc) is 2.72. The van der Waals surface area contributed by atoms with E-state index in [0.29, 0.717) is 22.3 Å². The maximum atomic E-state index is 12.8. The molecule has 0 radical (unpaired) electrons. The highest BCUT2D eigenvalue weighted by atomic mass is 19.4. The molecule has 0 atom stereocenters. The molecule has 0 bridgehead atoms. The van der Waals surface area contributed by atoms with Crippen molar-refractivity contribution in [3.63, 3.8) is 0 Å². The van der Waals surface area contributed by atoms with Gasteiger partial charge in [0, 0.05) is 17.7 Å². The summed E-state index contributed by atoms with van der Waals surface area (Å²) in [5.41, 5.74) is 7.54. The summed E-state index contributed by atoms with van der Waals surface area (Å²) in [5, 5.41) is 10.2. The number of hydrogen-bond donors (Lipinski definition) is 3. The highest BCUT2D eigenvalue weighted by Gasteiger charge is 2.30. The van der Waals surface area contributed by atoms with E-state index in [1.54, 1.807) is 48.5 Å². The highest BCUT2D eigenvalue weighted by Crippen LogP contribution is 2.31. The molecule has 0 saturated carbocycles. The van der Waals surface area contributed by atoms with Crippen molar-refractivity contribution < 1.29 is 18.0 Å². The minimum absolute atomic E-state index is 0.0361. The van der Waals surface area contributed by atoms with Gasteiger partial charge in [0.2, 0.25) is 0 Å². The fraction of sp³-hybridized carbons (Fsp3) is 0.0909. The second-order valence-corrected chi connectivity index (χ2v) is 6.41. The molecule has 0 aliphatic heterocycles. The van der Waals surface area contributed by atoms with Crippen molar-refractivity contribution in [2.45, 2.75) is 12.7 Å². The van der Waals surface area contributed by atoms with E-state index in [1.165, 1.54) is 12.1 Å². The molecular formula is C22H18F3N3O. The maximum Gasteiger partial charge on any atom is 0.416 e. The van der Waals surface area contributed by atoms with E-state index < -0.39 is 11.7 Å². The van der Waals surface area contributed by atoms with Crippen LogP contribution in [-0.2, 0) is 12.7 Å². The van der Waals surface area contributed by atoms with Crippen LogP contribution in [0.15, 0.2) is 72.8 Å². The lowest BCUT2D eigenvalue weighted by Crippen LogP contribution is -2.23. The number of carbonyl (C=O) groups is 1. The Kier molecular flexibility index (Phi) is 5.68. The van der Waals surface area contributed by atoms with E-state index in [1.807, 2.05) is 0 Å². The molecule has 0 aromatic heterocycles. The number of nitrogen functional groups attached to an aromatic ring is 1. The summed E-state index contributed by atoms with van der Waals surface area (Å²) < 4.78 is 38.3. The summed E-state index contributed by atoms with van der Waals surface area (Å²) >= 11 is 0. The van der Waals surface area contributed by atoms with Crippen LogP contribution in [0.2, 0.25) is 0 Å². The summed E-state index contributed by atoms with van der Waals surface area (Å²) in [6.07, 6.45) is -4.41. The van der Waals surface area contributed by atoms with E-state index in [2.05, 4.69) is 5.32 Å². The molecule has 3 aromatic rings. The van der Waals surface area contributed by atoms with Crippen LogP contribution in [0.1, 0.15) is 27.0 Å². The van der Waals surface area contributed by atoms with Gasteiger partial charge in [0.15, 0.2) is 0 Å². The van der Waals surface area contributed by atoms with Gasteiger partial charge in [0.05, 0.1) is 5.56 Å². The molecule has 4 nitrogen and oxygen atoms in total. The number of amides is 1. The number of rotatable bonds is 5. The second-order valence-electron chi connectivity index (χ2n) is 6.41. The Morgan fingerprint density at radius 3 is 2.14 bits per heavy atom. The minimum atomic E-state index is -4.41. The van der Waals surface area contributed by atoms with Gasteiger partial charge in [0.25, 0.3) is 5.91 Å². The molecule has 7 heteroatoms. The van der Waals surface area contributed by atoms with Crippen molar-refractivity contribution >= 4 is 11.7 Å². The molecule has 0 saturated heterocycles. The van der Waals surface area contributed by atoms with Crippen molar-refractivity contribution in [1.29, 1.82) is 5.41 Å². The van der Waals surface area contributed by atoms with E-state index in [-0.39, 0.29) is 18.3 Å². The minimum Gasteiger partial charge on any atom is -0.384 e. The Balaban J connectivity index is 1.77. The van der Waals surface area contributed by atoms with Gasteiger partial charge in [-0.05, 0) is 34.9 Å². The summed E-state index contributed by atoms with van der Waals surface area (Å²) in [4.78, 5) is 12.7. The fourth-order valence-electron chi connectivity index (χ4n) is 2.85. The number of nitrogens with two attached hydrogens (primary N) is 1. The summed E-state index contributed by atoms with van der Waals surface area (Å²) in [7, 11) is 0. The first-order valence-electron chi connectivity index (χ1n) is 8.74. The first kappa shape index (κ1) is 20.1. The van der Waals surface area contributed by atoms with Crippen LogP contribution in [0.5, 0.6) is 0 Å². The maximum absolute atomic E-state index is 12.8. The van der Waals surface area contributed by atoms with Gasteiger partial charge in [0.1, 0.15) is 5.84 Å². The third-order valence-corrected chi connectivity index (χ3v) is 4.41. The first-order chi connectivity index (χ1) is 13.8. The Morgan fingerprint density at radius 2 is 1.55 bits per heavy atom. The Labute approximate surface area is 165 Å². The van der Waals surface area contributed by atoms with Crippen molar-refractivity contribution in [3.05, 3.63) is 95.1 Å². The lowest BCUT2D eigenvalue weighted by molar-refractivity contribution is -0.137. The van der Waals surface area contributed by atoms with Crippen LogP contribution >= 0.6 is 0 Å². The molecule has 0 aliphatic carbocycles. The lowest BCUT2D eigenvalue weighted by Gasteiger charge is -2.12. The molecule has 29 heavy (non-hydrogen) atoms. The summed E-state index contributed by atoms with van der Waals surface area (Å²) in [6, 6.07) is 18.4. The van der Waals surface area contributed by atoms with Crippen molar-refractivity contribution in [3.8, 4) is 11.1 Å². The second kappa shape index (κ2) is 8.18. The molecule has 148 valence electrons. The molecule has 1 amide bonds. The Morgan fingerprint density at radius 1 is 0.931 bits per heavy atom. The van der Waals surface area contributed by atoms with Gasteiger partial charge in [-0.15, -0.1) is 0 Å². The van der Waals surface area contributed by atoms with Gasteiger partial charge >= 0.3 is 6.18 Å². The van der Waals surface area contributed by atoms with Crippen LogP contribution in [-0.4, -0.2) is 11.7 Å². The number of carbonyl (C=O) groups excluding carboxylic acids is 1. The number of nitrogens with one attached hydrogen (secondary N) is 2. The molecule has 3 rings (SSSR count). The molecule has 0 unspecified atom stereocenters. The van der Waals surface area contributed by atoms with Crippen LogP contribution in [0.3, 0.4) is 0 Å². The number of benzene rings is 3. The number of alkyl halides is 3. The van der Waals surface area contributed by atoms with Crippen molar-refractivity contribution in [2.75, 3.05) is 0 Å². The quantitative estimate of drug-likeness (QED) is 0.435. The van der Waals surface area contributed by atoms with Crippen LogP contribution in [0, 0.1) is 5.41 Å². The Hall–Kier alpha value is -3.61. The van der Waals surface area contributed by atoms with Crippen LogP contribution in [0.25, 0.3) is 11.1 Å². The zero-order valence-corrected chi connectivity index (χ0v) is 15.3. The van der Waals surface area contributed by atoms with E-state index in [0.717, 1.165) is 17.7 Å². The van der Waals surface area contributed by atoms with E-state index >= 15 is 0 Å². The monoisotopic (exact) mass is 397 g/mol. The van der Waals surface area contributed by atoms with Crippen molar-refractivity contribution in [2.24, 2.45) is 5.73 Å². The summed E-state index contributed by atoms with van der Waals surface area (Å²) in [6.45, 7) is 0.262. The highest BCUT2D eigenvalue weighted by molar-refractivity contribution is 6.00. The zero-order valence-electron chi connectivity index (χ0n) is 15.3. The molecule has 0 fully saturated rings. The standard InChI is InChI=1S/C22H18F3N3O/c23-22(24,25)17-11-9-15(10-12-17)18-3-1-2-4-19(18)21(29)28-13-14-5-7-16(8-6-14)20(26)27/h1-12H,13H2,(H3,26,27)(H,28,29).